The SMILES string of the molecule is COCCN1C(=O)C(=O)/C(=C(\O)c2ccc(F)c(C)c2)C1c1ccccc1OC(C)C. The number of nitrogens with zero attached hydrogens (tertiary/aromatic N) is 1. The number of hydrogen-bond acceptors (Lipinski definition) is 5. The van der Waals surface area contributed by atoms with Crippen molar-refractivity contribution in [2.75, 3.05) is 20.3 Å². The number of aliphatic hydroxyl groups excluding tert-OH is 1. The highest BCUT2D eigenvalue weighted by molar-refractivity contribution is 6.46. The first kappa shape index (κ1) is 22.5. The monoisotopic (exact) mass is 427 g/mol. The summed E-state index contributed by atoms with van der Waals surface area (Å²) in [6.07, 6.45) is -0.137. The molecule has 2 aromatic carbocycles. The summed E-state index contributed by atoms with van der Waals surface area (Å²) in [4.78, 5) is 27.2. The largest absolute Gasteiger partial charge is 0.507 e. The topological polar surface area (TPSA) is 76.1 Å². The van der Waals surface area contributed by atoms with Crippen LogP contribution in [0.5, 0.6) is 5.75 Å². The van der Waals surface area contributed by atoms with Gasteiger partial charge in [0.25, 0.3) is 11.7 Å². The van der Waals surface area contributed by atoms with Gasteiger partial charge in [-0.25, -0.2) is 4.39 Å². The molecule has 31 heavy (non-hydrogen) atoms. The first-order valence-corrected chi connectivity index (χ1v) is 10.1. The van der Waals surface area contributed by atoms with Crippen LogP contribution in [0.15, 0.2) is 48.0 Å². The normalized spacial score (nSPS) is 18.1. The number of carbonyl (C=O) groups excluding carboxylic acids is 2. The molecule has 1 unspecified atom stereocenters. The summed E-state index contributed by atoms with van der Waals surface area (Å²) in [5.41, 5.74) is 1.09. The van der Waals surface area contributed by atoms with Crippen LogP contribution in [0.25, 0.3) is 5.76 Å². The molecule has 1 atom stereocenters. The average Bonchev–Trinajstić information content (AvgIpc) is 2.98. The standard InChI is InChI=1S/C24H26FNO5/c1-14(2)31-19-8-6-5-7-17(19)21-20(23(28)24(29)26(21)11-12-30-4)22(27)16-9-10-18(25)15(3)13-16/h5-10,13-14,21,27H,11-12H2,1-4H3/b22-20-. The number of ketones is 1. The van der Waals surface area contributed by atoms with E-state index >= 15 is 0 Å². The number of aliphatic hydroxyl groups is 1. The fourth-order valence-electron chi connectivity index (χ4n) is 3.64. The van der Waals surface area contributed by atoms with Crippen molar-refractivity contribution in [3.8, 4) is 5.75 Å². The van der Waals surface area contributed by atoms with Crippen LogP contribution in [0.1, 0.15) is 36.6 Å². The van der Waals surface area contributed by atoms with Crippen LogP contribution in [0.2, 0.25) is 0 Å². The van der Waals surface area contributed by atoms with E-state index < -0.39 is 23.5 Å². The summed E-state index contributed by atoms with van der Waals surface area (Å²) in [5, 5.41) is 11.1. The molecule has 0 aromatic heterocycles. The number of ether oxygens (including phenoxy) is 2. The van der Waals surface area contributed by atoms with E-state index in [1.54, 1.807) is 31.2 Å². The number of halogens is 1. The van der Waals surface area contributed by atoms with Gasteiger partial charge in [0.15, 0.2) is 0 Å². The lowest BCUT2D eigenvalue weighted by atomic mass is 9.94. The minimum absolute atomic E-state index is 0.0630. The van der Waals surface area contributed by atoms with E-state index in [1.807, 2.05) is 13.8 Å². The summed E-state index contributed by atoms with van der Waals surface area (Å²) in [5.74, 6) is -1.82. The fraction of sp³-hybridized carbons (Fsp3) is 0.333. The summed E-state index contributed by atoms with van der Waals surface area (Å²) < 4.78 is 24.8. The zero-order valence-corrected chi connectivity index (χ0v) is 18.0. The number of rotatable bonds is 7. The van der Waals surface area contributed by atoms with Crippen LogP contribution in [0.4, 0.5) is 4.39 Å². The van der Waals surface area contributed by atoms with Crippen LogP contribution in [0.3, 0.4) is 0 Å². The van der Waals surface area contributed by atoms with Gasteiger partial charge >= 0.3 is 0 Å². The molecule has 1 aliphatic rings. The Balaban J connectivity index is 2.22. The third kappa shape index (κ3) is 4.46. The molecular weight excluding hydrogens is 401 g/mol. The Morgan fingerprint density at radius 3 is 2.55 bits per heavy atom. The highest BCUT2D eigenvalue weighted by Crippen LogP contribution is 2.42. The first-order valence-electron chi connectivity index (χ1n) is 10.1. The number of amides is 1. The van der Waals surface area contributed by atoms with Crippen molar-refractivity contribution >= 4 is 17.4 Å². The second kappa shape index (κ2) is 9.31. The van der Waals surface area contributed by atoms with E-state index in [-0.39, 0.29) is 36.2 Å². The molecule has 1 saturated heterocycles. The molecule has 1 N–H and O–H groups in total. The molecule has 7 heteroatoms. The van der Waals surface area contributed by atoms with Gasteiger partial charge in [-0.05, 0) is 50.6 Å². The van der Waals surface area contributed by atoms with E-state index in [0.29, 0.717) is 16.9 Å². The summed E-state index contributed by atoms with van der Waals surface area (Å²) in [6, 6.07) is 10.3. The average molecular weight is 427 g/mol. The quantitative estimate of drug-likeness (QED) is 0.411. The number of methoxy groups -OCH3 is 1. The molecule has 6 nitrogen and oxygen atoms in total. The van der Waals surface area contributed by atoms with Crippen LogP contribution in [-0.4, -0.2) is 48.1 Å². The molecule has 1 fully saturated rings. The van der Waals surface area contributed by atoms with E-state index in [1.165, 1.54) is 30.2 Å². The van der Waals surface area contributed by atoms with Crippen LogP contribution >= 0.6 is 0 Å². The Morgan fingerprint density at radius 1 is 1.19 bits per heavy atom. The molecule has 1 amide bonds. The van der Waals surface area contributed by atoms with Gasteiger partial charge in [-0.2, -0.15) is 0 Å². The van der Waals surface area contributed by atoms with Crippen LogP contribution < -0.4 is 4.74 Å². The number of aryl methyl sites for hydroxylation is 1. The van der Waals surface area contributed by atoms with Gasteiger partial charge in [0.2, 0.25) is 0 Å². The molecule has 0 aliphatic carbocycles. The lowest BCUT2D eigenvalue weighted by Crippen LogP contribution is -2.33. The molecule has 164 valence electrons. The second-order valence-electron chi connectivity index (χ2n) is 7.65. The highest BCUT2D eigenvalue weighted by Gasteiger charge is 2.46. The zero-order valence-electron chi connectivity index (χ0n) is 18.0. The molecule has 0 spiro atoms. The molecule has 3 rings (SSSR count). The van der Waals surface area contributed by atoms with E-state index in [0.717, 1.165) is 0 Å². The van der Waals surface area contributed by atoms with Crippen LogP contribution in [0, 0.1) is 12.7 Å². The molecular formula is C24H26FNO5. The molecule has 1 heterocycles. The lowest BCUT2D eigenvalue weighted by molar-refractivity contribution is -0.140. The van der Waals surface area contributed by atoms with Crippen LogP contribution in [-0.2, 0) is 14.3 Å². The van der Waals surface area contributed by atoms with Gasteiger partial charge in [0.05, 0.1) is 24.3 Å². The van der Waals surface area contributed by atoms with Gasteiger partial charge in [0.1, 0.15) is 17.3 Å². The molecule has 0 radical (unpaired) electrons. The Labute approximate surface area is 180 Å². The minimum Gasteiger partial charge on any atom is -0.507 e. The Kier molecular flexibility index (Phi) is 6.75. The Hall–Kier alpha value is -3.19. The Morgan fingerprint density at radius 2 is 1.90 bits per heavy atom. The van der Waals surface area contributed by atoms with Crippen molar-refractivity contribution in [3.63, 3.8) is 0 Å². The summed E-state index contributed by atoms with van der Waals surface area (Å²) in [6.45, 7) is 5.68. The zero-order chi connectivity index (χ0) is 22.7. The lowest BCUT2D eigenvalue weighted by Gasteiger charge is -2.27. The number of carbonyl (C=O) groups is 2. The van der Waals surface area contributed by atoms with Gasteiger partial charge in [-0.1, -0.05) is 18.2 Å². The predicted octanol–water partition coefficient (Wildman–Crippen LogP) is 3.99. The van der Waals surface area contributed by atoms with Crippen molar-refractivity contribution in [3.05, 3.63) is 70.5 Å². The van der Waals surface area contributed by atoms with Crippen molar-refractivity contribution < 1.29 is 28.6 Å². The maximum atomic E-state index is 13.7. The number of hydrogen-bond donors (Lipinski definition) is 1. The van der Waals surface area contributed by atoms with E-state index in [2.05, 4.69) is 0 Å². The Bertz CT molecular complexity index is 1030. The molecule has 1 aliphatic heterocycles. The summed E-state index contributed by atoms with van der Waals surface area (Å²) in [7, 11) is 1.50. The number of likely N-dealkylation sites (tertiary alicyclic amines) is 1. The fourth-order valence-corrected chi connectivity index (χ4v) is 3.64. The minimum atomic E-state index is -0.865. The second-order valence-corrected chi connectivity index (χ2v) is 7.65. The predicted molar refractivity (Wildman–Crippen MR) is 114 cm³/mol. The van der Waals surface area contributed by atoms with E-state index in [4.69, 9.17) is 9.47 Å². The molecule has 2 aromatic rings. The number of Topliss-reactive ketones (excluding diaryl/α,β-unsaturated/α-hetero) is 1. The van der Waals surface area contributed by atoms with Crippen molar-refractivity contribution in [1.82, 2.24) is 4.90 Å². The van der Waals surface area contributed by atoms with Gasteiger partial charge in [-0.3, -0.25) is 9.59 Å². The number of para-hydroxylation sites is 1. The number of benzene rings is 2. The van der Waals surface area contributed by atoms with Gasteiger partial charge in [0, 0.05) is 24.8 Å². The van der Waals surface area contributed by atoms with Gasteiger partial charge < -0.3 is 19.5 Å². The molecule has 0 bridgehead atoms. The van der Waals surface area contributed by atoms with E-state index in [9.17, 15) is 19.1 Å². The third-order valence-electron chi connectivity index (χ3n) is 5.08. The van der Waals surface area contributed by atoms with Crippen molar-refractivity contribution in [1.29, 1.82) is 0 Å². The highest BCUT2D eigenvalue weighted by atomic mass is 19.1. The molecule has 0 saturated carbocycles. The maximum absolute atomic E-state index is 13.7. The maximum Gasteiger partial charge on any atom is 0.295 e. The third-order valence-corrected chi connectivity index (χ3v) is 5.08. The summed E-state index contributed by atoms with van der Waals surface area (Å²) >= 11 is 0. The van der Waals surface area contributed by atoms with Gasteiger partial charge in [-0.15, -0.1) is 0 Å². The van der Waals surface area contributed by atoms with Crippen molar-refractivity contribution in [2.24, 2.45) is 0 Å². The van der Waals surface area contributed by atoms with Crippen molar-refractivity contribution in [2.45, 2.75) is 32.9 Å². The smallest absolute Gasteiger partial charge is 0.295 e. The first-order chi connectivity index (χ1) is 14.8.